The van der Waals surface area contributed by atoms with E-state index in [9.17, 15) is 9.59 Å². The van der Waals surface area contributed by atoms with E-state index < -0.39 is 0 Å². The molecule has 172 valence electrons. The molecule has 1 saturated heterocycles. The number of nitrogens with zero attached hydrogens (tertiary/aromatic N) is 3. The number of halogens is 1. The van der Waals surface area contributed by atoms with Crippen LogP contribution in [0.3, 0.4) is 0 Å². The van der Waals surface area contributed by atoms with E-state index in [0.717, 1.165) is 25.8 Å². The van der Waals surface area contributed by atoms with Gasteiger partial charge in [-0.3, -0.25) is 14.2 Å². The van der Waals surface area contributed by atoms with Gasteiger partial charge in [-0.05, 0) is 60.4 Å². The van der Waals surface area contributed by atoms with E-state index in [1.807, 2.05) is 30.3 Å². The van der Waals surface area contributed by atoms with Crippen LogP contribution in [-0.4, -0.2) is 38.7 Å². The molecule has 2 aliphatic rings. The fourth-order valence-electron chi connectivity index (χ4n) is 6.01. The number of hydrogen-bond acceptors (Lipinski definition) is 4. The van der Waals surface area contributed by atoms with Gasteiger partial charge in [-0.25, -0.2) is 4.98 Å². The molecule has 0 radical (unpaired) electrons. The van der Waals surface area contributed by atoms with Gasteiger partial charge in [-0.1, -0.05) is 62.3 Å². The van der Waals surface area contributed by atoms with E-state index in [2.05, 4.69) is 25.7 Å². The van der Waals surface area contributed by atoms with Gasteiger partial charge in [0.2, 0.25) is 5.91 Å². The standard InChI is InChI=1S/C26H28ClN3O2S/c1-25(2)12-19-13-26(3,15-25)16-29(19)22(31)14-33-24-28-21-10-5-4-9-20(21)23(32)30(24)18-8-6-7-17(27)11-18/h4-11,19H,12-16H2,1-3H3. The van der Waals surface area contributed by atoms with Crippen LogP contribution in [0.25, 0.3) is 16.6 Å². The van der Waals surface area contributed by atoms with Gasteiger partial charge >= 0.3 is 0 Å². The number of benzene rings is 2. The maximum Gasteiger partial charge on any atom is 0.266 e. The van der Waals surface area contributed by atoms with E-state index in [1.165, 1.54) is 11.8 Å². The monoisotopic (exact) mass is 481 g/mol. The summed E-state index contributed by atoms with van der Waals surface area (Å²) in [4.78, 5) is 33.6. The number of likely N-dealkylation sites (tertiary alicyclic amines) is 1. The molecule has 2 aromatic carbocycles. The lowest BCUT2D eigenvalue weighted by molar-refractivity contribution is -0.129. The molecule has 2 atom stereocenters. The van der Waals surface area contributed by atoms with Crippen molar-refractivity contribution in [2.75, 3.05) is 12.3 Å². The summed E-state index contributed by atoms with van der Waals surface area (Å²) < 4.78 is 1.57. The Balaban J connectivity index is 1.46. The van der Waals surface area contributed by atoms with Crippen molar-refractivity contribution in [3.05, 3.63) is 63.9 Å². The Morgan fingerprint density at radius 2 is 1.94 bits per heavy atom. The van der Waals surface area contributed by atoms with E-state index in [0.29, 0.717) is 32.8 Å². The number of aromatic nitrogens is 2. The highest BCUT2D eigenvalue weighted by Gasteiger charge is 2.50. The largest absolute Gasteiger partial charge is 0.338 e. The van der Waals surface area contributed by atoms with Crippen LogP contribution in [0.15, 0.2) is 58.5 Å². The molecule has 1 aromatic heterocycles. The Morgan fingerprint density at radius 3 is 2.73 bits per heavy atom. The Morgan fingerprint density at radius 1 is 1.15 bits per heavy atom. The van der Waals surface area contributed by atoms with Crippen molar-refractivity contribution in [1.82, 2.24) is 14.5 Å². The summed E-state index contributed by atoms with van der Waals surface area (Å²) in [5.74, 6) is 0.365. The second-order valence-electron chi connectivity index (χ2n) is 10.6. The first-order valence-electron chi connectivity index (χ1n) is 11.3. The van der Waals surface area contributed by atoms with Gasteiger partial charge in [0.15, 0.2) is 5.16 Å². The first-order chi connectivity index (χ1) is 15.6. The van der Waals surface area contributed by atoms with Gasteiger partial charge in [0.1, 0.15) is 0 Å². The minimum absolute atomic E-state index is 0.117. The average molecular weight is 482 g/mol. The molecule has 1 saturated carbocycles. The predicted octanol–water partition coefficient (Wildman–Crippen LogP) is 5.56. The Labute approximate surface area is 203 Å². The second kappa shape index (κ2) is 8.17. The van der Waals surface area contributed by atoms with Crippen molar-refractivity contribution in [2.24, 2.45) is 10.8 Å². The van der Waals surface area contributed by atoms with Crippen LogP contribution in [-0.2, 0) is 4.79 Å². The minimum atomic E-state index is -0.163. The lowest BCUT2D eigenvalue weighted by Gasteiger charge is -2.39. The van der Waals surface area contributed by atoms with Crippen molar-refractivity contribution in [1.29, 1.82) is 0 Å². The molecule has 3 aromatic rings. The van der Waals surface area contributed by atoms with Crippen LogP contribution in [0.5, 0.6) is 0 Å². The summed E-state index contributed by atoms with van der Waals surface area (Å²) >= 11 is 7.54. The van der Waals surface area contributed by atoms with E-state index >= 15 is 0 Å². The first kappa shape index (κ1) is 22.5. The molecule has 2 heterocycles. The summed E-state index contributed by atoms with van der Waals surface area (Å²) in [6, 6.07) is 14.8. The maximum atomic E-state index is 13.4. The molecular formula is C26H28ClN3O2S. The zero-order valence-electron chi connectivity index (χ0n) is 19.2. The van der Waals surface area contributed by atoms with Crippen molar-refractivity contribution in [2.45, 2.75) is 51.2 Å². The highest BCUT2D eigenvalue weighted by Crippen LogP contribution is 2.52. The van der Waals surface area contributed by atoms with Crippen LogP contribution in [0, 0.1) is 10.8 Å². The van der Waals surface area contributed by atoms with Crippen molar-refractivity contribution >= 4 is 40.2 Å². The maximum absolute atomic E-state index is 13.4. The molecule has 33 heavy (non-hydrogen) atoms. The van der Waals surface area contributed by atoms with E-state index in [1.54, 1.807) is 22.8 Å². The molecular weight excluding hydrogens is 454 g/mol. The highest BCUT2D eigenvalue weighted by molar-refractivity contribution is 7.99. The molecule has 1 aliphatic heterocycles. The third kappa shape index (κ3) is 4.31. The molecule has 2 unspecified atom stereocenters. The number of amides is 1. The van der Waals surface area contributed by atoms with Crippen LogP contribution >= 0.6 is 23.4 Å². The number of para-hydroxylation sites is 1. The van der Waals surface area contributed by atoms with Crippen molar-refractivity contribution in [3.63, 3.8) is 0 Å². The fraction of sp³-hybridized carbons (Fsp3) is 0.423. The number of rotatable bonds is 4. The number of hydrogen-bond donors (Lipinski definition) is 0. The third-order valence-electron chi connectivity index (χ3n) is 6.87. The summed E-state index contributed by atoms with van der Waals surface area (Å²) in [7, 11) is 0. The van der Waals surface area contributed by atoms with Crippen LogP contribution < -0.4 is 5.56 Å². The number of fused-ring (bicyclic) bond motifs is 3. The summed E-state index contributed by atoms with van der Waals surface area (Å²) in [5.41, 5.74) is 1.56. The molecule has 5 nitrogen and oxygen atoms in total. The van der Waals surface area contributed by atoms with Gasteiger partial charge in [0.25, 0.3) is 5.56 Å². The van der Waals surface area contributed by atoms with E-state index in [4.69, 9.17) is 16.6 Å². The van der Waals surface area contributed by atoms with E-state index in [-0.39, 0.29) is 28.0 Å². The minimum Gasteiger partial charge on any atom is -0.338 e. The smallest absolute Gasteiger partial charge is 0.266 e. The summed E-state index contributed by atoms with van der Waals surface area (Å²) in [6.45, 7) is 7.74. The van der Waals surface area contributed by atoms with Crippen molar-refractivity contribution < 1.29 is 4.79 Å². The zero-order valence-corrected chi connectivity index (χ0v) is 20.7. The van der Waals surface area contributed by atoms with Gasteiger partial charge < -0.3 is 4.90 Å². The molecule has 7 heteroatoms. The molecule has 2 bridgehead atoms. The second-order valence-corrected chi connectivity index (χ2v) is 11.9. The Bertz CT molecular complexity index is 1300. The lowest BCUT2D eigenvalue weighted by atomic mass is 9.65. The quantitative estimate of drug-likeness (QED) is 0.361. The molecule has 2 fully saturated rings. The topological polar surface area (TPSA) is 55.2 Å². The highest BCUT2D eigenvalue weighted by atomic mass is 35.5. The SMILES string of the molecule is CC1(C)CC2CC(C)(CN2C(=O)CSc2nc3ccccc3c(=O)n2-c2cccc(Cl)c2)C1. The normalized spacial score (nSPS) is 23.8. The summed E-state index contributed by atoms with van der Waals surface area (Å²) in [5, 5.41) is 1.58. The average Bonchev–Trinajstić information content (AvgIpc) is 3.00. The number of carbonyl (C=O) groups is 1. The van der Waals surface area contributed by atoms with Gasteiger partial charge in [0, 0.05) is 17.6 Å². The van der Waals surface area contributed by atoms with Crippen LogP contribution in [0.2, 0.25) is 5.02 Å². The number of thioether (sulfide) groups is 1. The molecule has 1 amide bonds. The molecule has 5 rings (SSSR count). The van der Waals surface area contributed by atoms with Crippen LogP contribution in [0.4, 0.5) is 0 Å². The first-order valence-corrected chi connectivity index (χ1v) is 12.7. The van der Waals surface area contributed by atoms with Crippen LogP contribution in [0.1, 0.15) is 40.0 Å². The molecule has 1 aliphatic carbocycles. The lowest BCUT2D eigenvalue weighted by Crippen LogP contribution is -2.38. The fourth-order valence-corrected chi connectivity index (χ4v) is 7.10. The summed E-state index contributed by atoms with van der Waals surface area (Å²) in [6.07, 6.45) is 3.27. The van der Waals surface area contributed by atoms with Gasteiger partial charge in [0.05, 0.1) is 22.3 Å². The molecule has 0 N–H and O–H groups in total. The van der Waals surface area contributed by atoms with Gasteiger partial charge in [-0.2, -0.15) is 0 Å². The predicted molar refractivity (Wildman–Crippen MR) is 134 cm³/mol. The van der Waals surface area contributed by atoms with Crippen molar-refractivity contribution in [3.8, 4) is 5.69 Å². The van der Waals surface area contributed by atoms with Gasteiger partial charge in [-0.15, -0.1) is 0 Å². The Hall–Kier alpha value is -2.31. The zero-order chi connectivity index (χ0) is 23.4. The third-order valence-corrected chi connectivity index (χ3v) is 8.03. The molecule has 0 spiro atoms. The Kier molecular flexibility index (Phi) is 5.57. The number of carbonyl (C=O) groups excluding carboxylic acids is 1.